The molecule has 0 aromatic heterocycles. The molecule has 0 fully saturated rings. The van der Waals surface area contributed by atoms with Crippen molar-refractivity contribution in [2.24, 2.45) is 0 Å². The molecule has 1 heterocycles. The number of rotatable bonds is 6. The Hall–Kier alpha value is -1.20. The molecule has 1 aromatic rings. The molecule has 0 atom stereocenters. The molecule has 1 aliphatic rings. The zero-order chi connectivity index (χ0) is 13.7. The van der Waals surface area contributed by atoms with Crippen molar-refractivity contribution in [2.45, 2.75) is 17.7 Å². The van der Waals surface area contributed by atoms with Crippen molar-refractivity contribution in [1.29, 1.82) is 0 Å². The lowest BCUT2D eigenvalue weighted by Gasteiger charge is -2.19. The van der Waals surface area contributed by atoms with Crippen molar-refractivity contribution < 1.29 is 19.0 Å². The summed E-state index contributed by atoms with van der Waals surface area (Å²) in [6, 6.07) is 3.69. The summed E-state index contributed by atoms with van der Waals surface area (Å²) in [6.07, 6.45) is 3.26. The van der Waals surface area contributed by atoms with Crippen molar-refractivity contribution >= 4 is 17.5 Å². The van der Waals surface area contributed by atoms with Crippen LogP contribution >= 0.6 is 11.8 Å². The molecule has 0 unspecified atom stereocenters. The molecule has 2 rings (SSSR count). The van der Waals surface area contributed by atoms with Crippen LogP contribution in [0.25, 0.3) is 0 Å². The number of hydrogen-bond acceptors (Lipinski definition) is 5. The van der Waals surface area contributed by atoms with Crippen molar-refractivity contribution in [2.75, 3.05) is 33.2 Å². The molecule has 0 saturated carbocycles. The Labute approximate surface area is 117 Å². The molecular weight excluding hydrogens is 264 g/mol. The molecule has 0 spiro atoms. The Morgan fingerprint density at radius 1 is 1.37 bits per heavy atom. The first kappa shape index (κ1) is 14.2. The van der Waals surface area contributed by atoms with Gasteiger partial charge in [0.05, 0.1) is 23.7 Å². The summed E-state index contributed by atoms with van der Waals surface area (Å²) in [6.45, 7) is 1.72. The summed E-state index contributed by atoms with van der Waals surface area (Å²) < 4.78 is 16.3. The van der Waals surface area contributed by atoms with Crippen LogP contribution in [0.3, 0.4) is 0 Å². The quantitative estimate of drug-likeness (QED) is 0.593. The lowest BCUT2D eigenvalue weighted by atomic mass is 10.0. The first-order chi connectivity index (χ1) is 9.26. The van der Waals surface area contributed by atoms with E-state index in [1.165, 1.54) is 0 Å². The fraction of sp³-hybridized carbons (Fsp3) is 0.500. The minimum atomic E-state index is 0.141. The predicted octanol–water partition coefficient (Wildman–Crippen LogP) is 2.79. The lowest BCUT2D eigenvalue weighted by Crippen LogP contribution is -2.15. The van der Waals surface area contributed by atoms with Gasteiger partial charge in [0.25, 0.3) is 0 Å². The second-order valence-electron chi connectivity index (χ2n) is 4.22. The maximum Gasteiger partial charge on any atom is 0.170 e. The van der Waals surface area contributed by atoms with Crippen molar-refractivity contribution in [3.63, 3.8) is 0 Å². The summed E-state index contributed by atoms with van der Waals surface area (Å²) in [7, 11) is 1.67. The number of ketones is 1. The molecule has 19 heavy (non-hydrogen) atoms. The molecule has 1 aliphatic heterocycles. The first-order valence-electron chi connectivity index (χ1n) is 6.26. The minimum absolute atomic E-state index is 0.141. The summed E-state index contributed by atoms with van der Waals surface area (Å²) in [5.74, 6) is 1.55. The van der Waals surface area contributed by atoms with Crippen LogP contribution in [-0.2, 0) is 4.74 Å². The maximum atomic E-state index is 11.8. The Balaban J connectivity index is 2.16. The van der Waals surface area contributed by atoms with Gasteiger partial charge in [-0.1, -0.05) is 0 Å². The van der Waals surface area contributed by atoms with Gasteiger partial charge in [-0.3, -0.25) is 4.79 Å². The molecule has 0 amide bonds. The highest BCUT2D eigenvalue weighted by Gasteiger charge is 2.21. The van der Waals surface area contributed by atoms with Crippen LogP contribution in [0, 0.1) is 0 Å². The van der Waals surface area contributed by atoms with Crippen LogP contribution in [0.2, 0.25) is 0 Å². The minimum Gasteiger partial charge on any atom is -0.492 e. The van der Waals surface area contributed by atoms with Crippen molar-refractivity contribution in [3.8, 4) is 11.5 Å². The fourth-order valence-corrected chi connectivity index (χ4v) is 2.48. The van der Waals surface area contributed by atoms with Crippen molar-refractivity contribution in [1.82, 2.24) is 0 Å². The van der Waals surface area contributed by atoms with E-state index in [4.69, 9.17) is 14.2 Å². The molecule has 0 N–H and O–H groups in total. The molecule has 104 valence electrons. The van der Waals surface area contributed by atoms with Gasteiger partial charge < -0.3 is 14.2 Å². The van der Waals surface area contributed by atoms with Crippen LogP contribution in [0.4, 0.5) is 0 Å². The topological polar surface area (TPSA) is 44.8 Å². The highest BCUT2D eigenvalue weighted by Crippen LogP contribution is 2.37. The zero-order valence-corrected chi connectivity index (χ0v) is 12.0. The number of carbonyl (C=O) groups is 1. The summed E-state index contributed by atoms with van der Waals surface area (Å²) in [5, 5.41) is 0. The summed E-state index contributed by atoms with van der Waals surface area (Å²) in [5.41, 5.74) is 0.667. The highest BCUT2D eigenvalue weighted by atomic mass is 32.2. The molecule has 0 bridgehead atoms. The Bertz CT molecular complexity index is 459. The number of carbonyl (C=O) groups excluding carboxylic acids is 1. The molecular formula is C14H18O4S. The number of fused-ring (bicyclic) bond motifs is 1. The van der Waals surface area contributed by atoms with Crippen LogP contribution in [0.5, 0.6) is 11.5 Å². The maximum absolute atomic E-state index is 11.8. The van der Waals surface area contributed by atoms with Gasteiger partial charge in [0, 0.05) is 32.6 Å². The summed E-state index contributed by atoms with van der Waals surface area (Å²) >= 11 is 1.57. The van der Waals surface area contributed by atoms with Gasteiger partial charge in [0.2, 0.25) is 0 Å². The van der Waals surface area contributed by atoms with Crippen LogP contribution in [0.15, 0.2) is 17.0 Å². The van der Waals surface area contributed by atoms with E-state index in [9.17, 15) is 4.79 Å². The molecule has 1 aromatic carbocycles. The predicted molar refractivity (Wildman–Crippen MR) is 74.7 cm³/mol. The highest BCUT2D eigenvalue weighted by molar-refractivity contribution is 7.98. The number of Topliss-reactive ketones (excluding diaryl/α,β-unsaturated/α-hetero) is 1. The number of thioether (sulfide) groups is 1. The number of methoxy groups -OCH3 is 1. The Kier molecular flexibility index (Phi) is 5.10. The summed E-state index contributed by atoms with van der Waals surface area (Å²) in [4.78, 5) is 12.8. The number of ether oxygens (including phenoxy) is 3. The Morgan fingerprint density at radius 3 is 2.95 bits per heavy atom. The Morgan fingerprint density at radius 2 is 2.21 bits per heavy atom. The van der Waals surface area contributed by atoms with Gasteiger partial charge in [-0.2, -0.15) is 0 Å². The van der Waals surface area contributed by atoms with Gasteiger partial charge in [0.1, 0.15) is 11.5 Å². The number of benzene rings is 1. The molecule has 0 saturated heterocycles. The second-order valence-corrected chi connectivity index (χ2v) is 5.06. The van der Waals surface area contributed by atoms with E-state index in [1.54, 1.807) is 18.9 Å². The van der Waals surface area contributed by atoms with E-state index in [0.29, 0.717) is 37.6 Å². The molecule has 0 aliphatic carbocycles. The van der Waals surface area contributed by atoms with E-state index in [0.717, 1.165) is 17.1 Å². The third kappa shape index (κ3) is 3.42. The van der Waals surface area contributed by atoms with Gasteiger partial charge in [-0.05, 0) is 12.3 Å². The first-order valence-corrected chi connectivity index (χ1v) is 7.48. The smallest absolute Gasteiger partial charge is 0.170 e. The zero-order valence-electron chi connectivity index (χ0n) is 11.2. The van der Waals surface area contributed by atoms with Gasteiger partial charge in [-0.25, -0.2) is 0 Å². The fourth-order valence-electron chi connectivity index (χ4n) is 1.92. The second kappa shape index (κ2) is 6.82. The third-order valence-corrected chi connectivity index (χ3v) is 3.66. The van der Waals surface area contributed by atoms with Crippen LogP contribution in [-0.4, -0.2) is 39.0 Å². The largest absolute Gasteiger partial charge is 0.492 e. The molecule has 5 heteroatoms. The molecule has 4 nitrogen and oxygen atoms in total. The SMILES string of the molecule is COCCCOc1cc2c(cc1SC)C(=O)CCO2. The standard InChI is InChI=1S/C14H18O4S/c1-16-5-3-6-17-13-9-12-10(8-14(13)19-2)11(15)4-7-18-12/h8-9H,3-7H2,1-2H3. The van der Waals surface area contributed by atoms with E-state index >= 15 is 0 Å². The third-order valence-electron chi connectivity index (χ3n) is 2.90. The van der Waals surface area contributed by atoms with Crippen molar-refractivity contribution in [3.05, 3.63) is 17.7 Å². The van der Waals surface area contributed by atoms with E-state index in [2.05, 4.69) is 0 Å². The van der Waals surface area contributed by atoms with Gasteiger partial charge in [0.15, 0.2) is 5.78 Å². The lowest BCUT2D eigenvalue weighted by molar-refractivity contribution is 0.0932. The van der Waals surface area contributed by atoms with E-state index in [1.807, 2.05) is 18.4 Å². The molecule has 0 radical (unpaired) electrons. The van der Waals surface area contributed by atoms with Crippen LogP contribution < -0.4 is 9.47 Å². The van der Waals surface area contributed by atoms with E-state index in [-0.39, 0.29) is 5.78 Å². The van der Waals surface area contributed by atoms with Gasteiger partial charge >= 0.3 is 0 Å². The van der Waals surface area contributed by atoms with Gasteiger partial charge in [-0.15, -0.1) is 11.8 Å². The average Bonchev–Trinajstić information content (AvgIpc) is 2.43. The monoisotopic (exact) mass is 282 g/mol. The van der Waals surface area contributed by atoms with E-state index < -0.39 is 0 Å². The normalized spacial score (nSPS) is 13.9. The number of hydrogen-bond donors (Lipinski definition) is 0. The average molecular weight is 282 g/mol. The van der Waals surface area contributed by atoms with Crippen LogP contribution in [0.1, 0.15) is 23.2 Å².